The Labute approximate surface area is 195 Å². The van der Waals surface area contributed by atoms with Gasteiger partial charge in [0.1, 0.15) is 11.2 Å². The fourth-order valence-electron chi connectivity index (χ4n) is 5.57. The summed E-state index contributed by atoms with van der Waals surface area (Å²) >= 11 is 0. The van der Waals surface area contributed by atoms with Crippen LogP contribution >= 0.6 is 0 Å². The van der Waals surface area contributed by atoms with Crippen LogP contribution in [0.1, 0.15) is 67.1 Å². The van der Waals surface area contributed by atoms with Gasteiger partial charge in [0, 0.05) is 22.6 Å². The second-order valence-electron chi connectivity index (χ2n) is 9.97. The number of amides is 2. The van der Waals surface area contributed by atoms with Gasteiger partial charge in [0.25, 0.3) is 5.91 Å². The Bertz CT molecular complexity index is 1220. The van der Waals surface area contributed by atoms with E-state index >= 15 is 0 Å². The van der Waals surface area contributed by atoms with Gasteiger partial charge in [0.05, 0.1) is 6.54 Å². The molecular formula is C28H33N3O2. The lowest BCUT2D eigenvalue weighted by Crippen LogP contribution is -2.65. The molecule has 2 aromatic carbocycles. The van der Waals surface area contributed by atoms with Crippen molar-refractivity contribution in [3.63, 3.8) is 0 Å². The molecule has 0 saturated heterocycles. The quantitative estimate of drug-likeness (QED) is 0.542. The molecule has 0 radical (unpaired) electrons. The highest BCUT2D eigenvalue weighted by molar-refractivity contribution is 6.14. The van der Waals surface area contributed by atoms with Crippen molar-refractivity contribution in [1.82, 2.24) is 9.88 Å². The monoisotopic (exact) mass is 443 g/mol. The van der Waals surface area contributed by atoms with Crippen LogP contribution in [-0.2, 0) is 11.3 Å². The van der Waals surface area contributed by atoms with Crippen LogP contribution in [0.4, 0.5) is 5.69 Å². The third kappa shape index (κ3) is 3.64. The molecule has 1 N–H and O–H groups in total. The smallest absolute Gasteiger partial charge is 0.275 e. The number of carbonyl (C=O) groups excluding carboxylic acids is 2. The molecule has 2 aliphatic rings. The van der Waals surface area contributed by atoms with Crippen molar-refractivity contribution in [2.75, 3.05) is 4.90 Å². The molecule has 0 unspecified atom stereocenters. The first kappa shape index (κ1) is 21.7. The number of aromatic nitrogens is 1. The van der Waals surface area contributed by atoms with E-state index in [0.717, 1.165) is 53.4 Å². The zero-order valence-corrected chi connectivity index (χ0v) is 19.9. The van der Waals surface area contributed by atoms with E-state index in [9.17, 15) is 9.59 Å². The van der Waals surface area contributed by atoms with Crippen LogP contribution in [0.3, 0.4) is 0 Å². The van der Waals surface area contributed by atoms with Crippen LogP contribution < -0.4 is 10.2 Å². The number of hydrogen-bond donors (Lipinski definition) is 1. The average molecular weight is 444 g/mol. The van der Waals surface area contributed by atoms with Crippen molar-refractivity contribution in [1.29, 1.82) is 0 Å². The maximum absolute atomic E-state index is 14.0. The van der Waals surface area contributed by atoms with E-state index in [1.807, 2.05) is 73.9 Å². The van der Waals surface area contributed by atoms with E-state index in [-0.39, 0.29) is 17.9 Å². The van der Waals surface area contributed by atoms with Crippen LogP contribution in [0.15, 0.2) is 48.5 Å². The van der Waals surface area contributed by atoms with Crippen molar-refractivity contribution in [3.8, 4) is 0 Å². The van der Waals surface area contributed by atoms with Gasteiger partial charge in [-0.15, -0.1) is 0 Å². The number of para-hydroxylation sites is 1. The minimum atomic E-state index is -1.03. The molecule has 1 aliphatic heterocycles. The summed E-state index contributed by atoms with van der Waals surface area (Å²) in [7, 11) is 0. The topological polar surface area (TPSA) is 54.3 Å². The molecule has 1 aliphatic carbocycles. The average Bonchev–Trinajstić information content (AvgIpc) is 2.97. The molecule has 5 nitrogen and oxygen atoms in total. The molecule has 1 saturated carbocycles. The summed E-state index contributed by atoms with van der Waals surface area (Å²) in [5, 5.41) is 4.37. The molecule has 5 rings (SSSR count). The zero-order chi connectivity index (χ0) is 23.2. The summed E-state index contributed by atoms with van der Waals surface area (Å²) in [6, 6.07) is 16.2. The van der Waals surface area contributed by atoms with E-state index < -0.39 is 5.54 Å². The van der Waals surface area contributed by atoms with Crippen LogP contribution in [0.5, 0.6) is 0 Å². The fourth-order valence-corrected chi connectivity index (χ4v) is 5.57. The van der Waals surface area contributed by atoms with E-state index in [2.05, 4.69) is 5.32 Å². The highest BCUT2D eigenvalue weighted by Crippen LogP contribution is 2.38. The number of hydrogen-bond acceptors (Lipinski definition) is 2. The lowest BCUT2D eigenvalue weighted by atomic mass is 9.91. The number of carbonyl (C=O) groups is 2. The molecule has 1 fully saturated rings. The molecule has 2 heterocycles. The molecule has 5 heteroatoms. The molecule has 1 atom stereocenters. The zero-order valence-electron chi connectivity index (χ0n) is 19.9. The maximum atomic E-state index is 14.0. The van der Waals surface area contributed by atoms with Crippen LogP contribution in [0, 0.1) is 13.8 Å². The largest absolute Gasteiger partial charge is 0.351 e. The molecule has 172 valence electrons. The third-order valence-electron chi connectivity index (χ3n) is 7.69. The number of nitrogens with zero attached hydrogens (tertiary/aromatic N) is 2. The fraction of sp³-hybridized carbons (Fsp3) is 0.429. The molecule has 0 bridgehead atoms. The van der Waals surface area contributed by atoms with Crippen molar-refractivity contribution < 1.29 is 9.59 Å². The van der Waals surface area contributed by atoms with E-state index in [1.165, 1.54) is 12.8 Å². The maximum Gasteiger partial charge on any atom is 0.275 e. The number of anilines is 1. The summed E-state index contributed by atoms with van der Waals surface area (Å²) in [5.41, 5.74) is 3.56. The highest BCUT2D eigenvalue weighted by atomic mass is 16.2. The molecule has 33 heavy (non-hydrogen) atoms. The normalized spacial score (nSPS) is 21.7. The second kappa shape index (κ2) is 8.36. The summed E-state index contributed by atoms with van der Waals surface area (Å²) in [6.07, 6.45) is 6.78. The van der Waals surface area contributed by atoms with Crippen LogP contribution in [0.2, 0.25) is 0 Å². The predicted molar refractivity (Wildman–Crippen MR) is 133 cm³/mol. The van der Waals surface area contributed by atoms with Gasteiger partial charge in [-0.05, 0) is 62.9 Å². The minimum Gasteiger partial charge on any atom is -0.351 e. The molecule has 2 amide bonds. The Hall–Kier alpha value is -3.08. The van der Waals surface area contributed by atoms with Crippen molar-refractivity contribution >= 4 is 28.4 Å². The van der Waals surface area contributed by atoms with Gasteiger partial charge in [0.2, 0.25) is 5.91 Å². The Balaban J connectivity index is 1.63. The summed E-state index contributed by atoms with van der Waals surface area (Å²) in [6.45, 7) is 6.43. The lowest BCUT2D eigenvalue weighted by molar-refractivity contribution is -0.127. The third-order valence-corrected chi connectivity index (χ3v) is 7.69. The number of rotatable bonds is 3. The molecular weight excluding hydrogens is 410 g/mol. The van der Waals surface area contributed by atoms with Gasteiger partial charge in [-0.25, -0.2) is 0 Å². The standard InChI is InChI=1S/C28H33N3O2/c1-19-11-10-16-23(20(19)2)31-26(32)25-17-21-12-8-9-15-24(21)30(25)18-28(31,3)27(33)29-22-13-6-4-5-7-14-22/h8-12,15-17,22H,4-7,13-14,18H2,1-3H3,(H,29,33)/t28-/m0/s1. The Kier molecular flexibility index (Phi) is 5.51. The Morgan fingerprint density at radius 1 is 1.00 bits per heavy atom. The van der Waals surface area contributed by atoms with E-state index in [1.54, 1.807) is 4.90 Å². The second-order valence-corrected chi connectivity index (χ2v) is 9.97. The molecule has 0 spiro atoms. The summed E-state index contributed by atoms with van der Waals surface area (Å²) in [5.74, 6) is -0.184. The van der Waals surface area contributed by atoms with Gasteiger partial charge in [0.15, 0.2) is 0 Å². The van der Waals surface area contributed by atoms with E-state index in [0.29, 0.717) is 12.2 Å². The first-order chi connectivity index (χ1) is 15.9. The number of nitrogens with one attached hydrogen (secondary N) is 1. The number of benzene rings is 2. The van der Waals surface area contributed by atoms with Crippen LogP contribution in [0.25, 0.3) is 10.9 Å². The van der Waals surface area contributed by atoms with Crippen LogP contribution in [-0.4, -0.2) is 28.0 Å². The van der Waals surface area contributed by atoms with Gasteiger partial charge in [-0.3, -0.25) is 14.5 Å². The SMILES string of the molecule is Cc1cccc(N2C(=O)c3cc4ccccc4n3C[C@@]2(C)C(=O)NC2CCCCCC2)c1C. The van der Waals surface area contributed by atoms with Crippen molar-refractivity contribution in [2.24, 2.45) is 0 Å². The Morgan fingerprint density at radius 3 is 2.48 bits per heavy atom. The van der Waals surface area contributed by atoms with Gasteiger partial charge >= 0.3 is 0 Å². The minimum absolute atomic E-state index is 0.0629. The van der Waals surface area contributed by atoms with E-state index in [4.69, 9.17) is 0 Å². The van der Waals surface area contributed by atoms with Crippen molar-refractivity contribution in [2.45, 2.75) is 77.4 Å². The molecule has 1 aromatic heterocycles. The van der Waals surface area contributed by atoms with Gasteiger partial charge in [-0.2, -0.15) is 0 Å². The predicted octanol–water partition coefficient (Wildman–Crippen LogP) is 5.52. The first-order valence-corrected chi connectivity index (χ1v) is 12.2. The number of aryl methyl sites for hydroxylation is 1. The lowest BCUT2D eigenvalue weighted by Gasteiger charge is -2.45. The highest BCUT2D eigenvalue weighted by Gasteiger charge is 2.49. The first-order valence-electron chi connectivity index (χ1n) is 12.2. The van der Waals surface area contributed by atoms with Gasteiger partial charge < -0.3 is 9.88 Å². The van der Waals surface area contributed by atoms with Gasteiger partial charge in [-0.1, -0.05) is 56.0 Å². The van der Waals surface area contributed by atoms with Crippen molar-refractivity contribution in [3.05, 3.63) is 65.4 Å². The molecule has 3 aromatic rings. The number of fused-ring (bicyclic) bond motifs is 3. The summed E-state index contributed by atoms with van der Waals surface area (Å²) < 4.78 is 2.03. The Morgan fingerprint density at radius 2 is 1.73 bits per heavy atom. The summed E-state index contributed by atoms with van der Waals surface area (Å²) in [4.78, 5) is 29.8.